The van der Waals surface area contributed by atoms with E-state index in [9.17, 15) is 24.3 Å². The van der Waals surface area contributed by atoms with Crippen molar-refractivity contribution in [3.63, 3.8) is 0 Å². The highest BCUT2D eigenvalue weighted by Gasteiger charge is 2.54. The van der Waals surface area contributed by atoms with Crippen LogP contribution >= 0.6 is 23.5 Å². The molecule has 4 heterocycles. The van der Waals surface area contributed by atoms with Crippen molar-refractivity contribution in [1.29, 1.82) is 0 Å². The Labute approximate surface area is 200 Å². The third kappa shape index (κ3) is 4.38. The Morgan fingerprint density at radius 1 is 1.44 bits per heavy atom. The van der Waals surface area contributed by atoms with E-state index in [1.807, 2.05) is 0 Å². The molecule has 1 saturated heterocycles. The lowest BCUT2D eigenvalue weighted by Crippen LogP contribution is -2.71. The second kappa shape index (κ2) is 9.64. The Kier molecular flexibility index (Phi) is 6.65. The highest BCUT2D eigenvalue weighted by atomic mass is 32.2. The predicted octanol–water partition coefficient (Wildman–Crippen LogP) is -0.568. The summed E-state index contributed by atoms with van der Waals surface area (Å²) in [6.07, 6.45) is 2.72. The number of carbonyl (C=O) groups is 3. The van der Waals surface area contributed by atoms with Crippen LogP contribution in [0.3, 0.4) is 0 Å². The molecule has 15 heteroatoms. The molecule has 2 aliphatic rings. The molecule has 2 aromatic rings. The fraction of sp³-hybridized carbons (Fsp3) is 0.263. The highest BCUT2D eigenvalue weighted by molar-refractivity contribution is 8.01. The van der Waals surface area contributed by atoms with Gasteiger partial charge in [-0.2, -0.15) is 4.98 Å². The number of carbonyl (C=O) groups excluding carboxylic acids is 2. The lowest BCUT2D eigenvalue weighted by atomic mass is 10.0. The zero-order chi connectivity index (χ0) is 24.4. The van der Waals surface area contributed by atoms with Gasteiger partial charge in [0.25, 0.3) is 11.8 Å². The summed E-state index contributed by atoms with van der Waals surface area (Å²) in [5.74, 6) is 3.54. The molecule has 0 spiro atoms. The first kappa shape index (κ1) is 23.4. The van der Waals surface area contributed by atoms with Crippen molar-refractivity contribution < 1.29 is 28.7 Å². The van der Waals surface area contributed by atoms with Crippen LogP contribution in [-0.4, -0.2) is 73.2 Å². The minimum atomic E-state index is -1.26. The van der Waals surface area contributed by atoms with Gasteiger partial charge in [-0.1, -0.05) is 5.16 Å². The number of carboxylic acid groups (broad SMARTS) is 1. The maximum absolute atomic E-state index is 12.8. The van der Waals surface area contributed by atoms with Gasteiger partial charge in [0.2, 0.25) is 5.71 Å². The number of aromatic nitrogens is 2. The summed E-state index contributed by atoms with van der Waals surface area (Å²) in [6.45, 7) is 0. The van der Waals surface area contributed by atoms with Crippen molar-refractivity contribution in [2.45, 2.75) is 16.4 Å². The number of hydrogen-bond donors (Lipinski definition) is 3. The van der Waals surface area contributed by atoms with E-state index in [0.717, 1.165) is 21.3 Å². The molecule has 1 fully saturated rings. The average molecular weight is 507 g/mol. The van der Waals surface area contributed by atoms with E-state index in [4.69, 9.17) is 15.1 Å². The van der Waals surface area contributed by atoms with Crippen LogP contribution < -0.4 is 16.8 Å². The number of aliphatic carboxylic acids is 1. The molecular formula is C19H18N6O7S2. The number of nitrogen functional groups attached to an aromatic ring is 1. The molecule has 4 rings (SSSR count). The molecule has 34 heavy (non-hydrogen) atoms. The predicted molar refractivity (Wildman–Crippen MR) is 121 cm³/mol. The Morgan fingerprint density at radius 2 is 2.24 bits per heavy atom. The monoisotopic (exact) mass is 506 g/mol. The van der Waals surface area contributed by atoms with E-state index in [2.05, 4.69) is 15.5 Å². The SMILES string of the molecule is CO/N=C(\C(=O)N[C@@H]1C(=O)N2C(C(=O)O)=C(CSc3ccn(N)c(=O)n3)CS[C@H]12)c1ccco1. The molecule has 0 radical (unpaired) electrons. The van der Waals surface area contributed by atoms with Crippen LogP contribution in [0.2, 0.25) is 0 Å². The summed E-state index contributed by atoms with van der Waals surface area (Å²) in [5.41, 5.74) is -0.445. The number of fused-ring (bicyclic) bond motifs is 1. The molecule has 0 aromatic carbocycles. The van der Waals surface area contributed by atoms with Crippen molar-refractivity contribution in [3.05, 3.63) is 58.2 Å². The van der Waals surface area contributed by atoms with E-state index in [1.165, 1.54) is 43.5 Å². The van der Waals surface area contributed by atoms with Crippen molar-refractivity contribution in [2.24, 2.45) is 5.16 Å². The second-order valence-corrected chi connectivity index (χ2v) is 9.06. The number of hydrogen-bond acceptors (Lipinski definition) is 11. The van der Waals surface area contributed by atoms with Gasteiger partial charge in [-0.3, -0.25) is 14.5 Å². The first-order valence-electron chi connectivity index (χ1n) is 9.65. The van der Waals surface area contributed by atoms with E-state index in [1.54, 1.807) is 6.07 Å². The van der Waals surface area contributed by atoms with Crippen LogP contribution in [0.5, 0.6) is 0 Å². The lowest BCUT2D eigenvalue weighted by Gasteiger charge is -2.49. The fourth-order valence-corrected chi connectivity index (χ4v) is 5.68. The summed E-state index contributed by atoms with van der Waals surface area (Å²) in [7, 11) is 1.27. The summed E-state index contributed by atoms with van der Waals surface area (Å²) in [6, 6.07) is 3.67. The van der Waals surface area contributed by atoms with Gasteiger partial charge in [-0.15, -0.1) is 23.5 Å². The molecule has 2 atom stereocenters. The molecule has 2 aliphatic heterocycles. The molecule has 4 N–H and O–H groups in total. The number of oxime groups is 1. The Bertz CT molecular complexity index is 1260. The van der Waals surface area contributed by atoms with Gasteiger partial charge in [0.05, 0.1) is 6.26 Å². The van der Waals surface area contributed by atoms with E-state index >= 15 is 0 Å². The third-order valence-corrected chi connectivity index (χ3v) is 7.24. The minimum absolute atomic E-state index is 0.143. The van der Waals surface area contributed by atoms with E-state index in [0.29, 0.717) is 16.4 Å². The number of furan rings is 1. The maximum atomic E-state index is 12.8. The summed E-state index contributed by atoms with van der Waals surface area (Å²) >= 11 is 2.47. The van der Waals surface area contributed by atoms with Crippen molar-refractivity contribution in [3.8, 4) is 0 Å². The van der Waals surface area contributed by atoms with Gasteiger partial charge in [0, 0.05) is 17.7 Å². The molecular weight excluding hydrogens is 488 g/mol. The molecule has 2 aromatic heterocycles. The summed E-state index contributed by atoms with van der Waals surface area (Å²) in [4.78, 5) is 58.8. The Balaban J connectivity index is 1.49. The third-order valence-electron chi connectivity index (χ3n) is 4.89. The first-order chi connectivity index (χ1) is 16.3. The Morgan fingerprint density at radius 3 is 2.88 bits per heavy atom. The van der Waals surface area contributed by atoms with Gasteiger partial charge >= 0.3 is 11.7 Å². The number of nitrogens with zero attached hydrogens (tertiary/aromatic N) is 4. The van der Waals surface area contributed by atoms with Crippen molar-refractivity contribution in [2.75, 3.05) is 24.5 Å². The Hall–Kier alpha value is -3.72. The minimum Gasteiger partial charge on any atom is -0.477 e. The second-order valence-electron chi connectivity index (χ2n) is 6.96. The van der Waals surface area contributed by atoms with Crippen molar-refractivity contribution >= 4 is 47.0 Å². The zero-order valence-corrected chi connectivity index (χ0v) is 19.2. The van der Waals surface area contributed by atoms with E-state index in [-0.39, 0.29) is 22.9 Å². The van der Waals surface area contributed by atoms with Gasteiger partial charge < -0.3 is 25.5 Å². The van der Waals surface area contributed by atoms with Crippen LogP contribution in [-0.2, 0) is 19.2 Å². The normalized spacial score (nSPS) is 20.0. The lowest BCUT2D eigenvalue weighted by molar-refractivity contribution is -0.150. The smallest absolute Gasteiger partial charge is 0.366 e. The van der Waals surface area contributed by atoms with Gasteiger partial charge in [0.1, 0.15) is 29.2 Å². The summed E-state index contributed by atoms with van der Waals surface area (Å²) in [5, 5.41) is 15.8. The number of thioether (sulfide) groups is 2. The largest absolute Gasteiger partial charge is 0.477 e. The van der Waals surface area contributed by atoms with Crippen LogP contribution in [0, 0.1) is 0 Å². The number of carboxylic acids is 1. The number of rotatable bonds is 8. The van der Waals surface area contributed by atoms with Gasteiger partial charge in [-0.25, -0.2) is 14.3 Å². The molecule has 2 amide bonds. The fourth-order valence-electron chi connectivity index (χ4n) is 3.35. The number of nitrogens with one attached hydrogen (secondary N) is 1. The highest BCUT2D eigenvalue weighted by Crippen LogP contribution is 2.41. The molecule has 0 saturated carbocycles. The quantitative estimate of drug-likeness (QED) is 0.104. The zero-order valence-electron chi connectivity index (χ0n) is 17.5. The molecule has 178 valence electrons. The molecule has 0 unspecified atom stereocenters. The van der Waals surface area contributed by atoms with Crippen LogP contribution in [0.4, 0.5) is 0 Å². The van der Waals surface area contributed by atoms with Gasteiger partial charge in [0.15, 0.2) is 5.76 Å². The number of nitrogens with two attached hydrogens (primary N) is 1. The number of amides is 2. The molecule has 13 nitrogen and oxygen atoms in total. The summed E-state index contributed by atoms with van der Waals surface area (Å²) < 4.78 is 6.01. The molecule has 0 bridgehead atoms. The topological polar surface area (TPSA) is 182 Å². The van der Waals surface area contributed by atoms with E-state index < -0.39 is 34.9 Å². The van der Waals surface area contributed by atoms with Crippen LogP contribution in [0.1, 0.15) is 5.76 Å². The van der Waals surface area contributed by atoms with Crippen LogP contribution in [0.15, 0.2) is 61.3 Å². The maximum Gasteiger partial charge on any atom is 0.366 e. The first-order valence-corrected chi connectivity index (χ1v) is 11.7. The van der Waals surface area contributed by atoms with Crippen molar-refractivity contribution in [1.82, 2.24) is 19.9 Å². The standard InChI is InChI=1S/C19H18N6O7S2/c1-31-23-12(10-3-2-6-32-10)15(26)22-13-16(27)25-14(18(28)29)9(8-34-17(13)25)7-33-11-4-5-24(20)19(30)21-11/h2-6,13,17H,7-8,20H2,1H3,(H,22,26)(H,28,29)/b23-12-/t13-,17-/m1/s1. The molecule has 0 aliphatic carbocycles. The van der Waals surface area contributed by atoms with Crippen LogP contribution in [0.25, 0.3) is 0 Å². The van der Waals surface area contributed by atoms with Gasteiger partial charge in [-0.05, 0) is 23.8 Å². The number of β-lactam (4-membered cyclic amide) rings is 1. The average Bonchev–Trinajstić information content (AvgIpc) is 3.35.